The summed E-state index contributed by atoms with van der Waals surface area (Å²) in [6, 6.07) is 14.8. The lowest BCUT2D eigenvalue weighted by atomic mass is 10.2. The van der Waals surface area contributed by atoms with E-state index < -0.39 is 5.56 Å². The van der Waals surface area contributed by atoms with Gasteiger partial charge in [0.05, 0.1) is 18.0 Å². The fourth-order valence-electron chi connectivity index (χ4n) is 3.23. The van der Waals surface area contributed by atoms with Gasteiger partial charge in [-0.3, -0.25) is 19.3 Å². The van der Waals surface area contributed by atoms with Crippen LogP contribution in [0.5, 0.6) is 11.6 Å². The van der Waals surface area contributed by atoms with Crippen molar-refractivity contribution < 1.29 is 9.84 Å². The number of hydrogen-bond donors (Lipinski definition) is 2. The molecule has 2 aromatic carbocycles. The van der Waals surface area contributed by atoms with E-state index in [1.807, 2.05) is 31.2 Å². The summed E-state index contributed by atoms with van der Waals surface area (Å²) in [6.07, 6.45) is 1.35. The van der Waals surface area contributed by atoms with Crippen molar-refractivity contribution in [3.8, 4) is 17.3 Å². The van der Waals surface area contributed by atoms with Gasteiger partial charge in [0, 0.05) is 25.0 Å². The lowest BCUT2D eigenvalue weighted by Crippen LogP contribution is -2.21. The van der Waals surface area contributed by atoms with Gasteiger partial charge in [0.25, 0.3) is 5.56 Å². The van der Waals surface area contributed by atoms with Crippen LogP contribution in [0.15, 0.2) is 58.3 Å². The topological polar surface area (TPSA) is 82.8 Å². The van der Waals surface area contributed by atoms with Gasteiger partial charge in [-0.2, -0.15) is 0 Å². The van der Waals surface area contributed by atoms with Crippen LogP contribution >= 0.6 is 12.2 Å². The van der Waals surface area contributed by atoms with E-state index in [9.17, 15) is 9.90 Å². The third kappa shape index (κ3) is 5.03. The van der Waals surface area contributed by atoms with E-state index >= 15 is 0 Å². The molecular weight excluding hydrogens is 412 g/mol. The summed E-state index contributed by atoms with van der Waals surface area (Å²) < 4.78 is 6.92. The smallest absolute Gasteiger partial charge is 0.264 e. The van der Waals surface area contributed by atoms with E-state index in [-0.39, 0.29) is 16.2 Å². The SMILES string of the molecule is CCOc1ccc(-n2c(O)c(C=Nc3ccc(N(CC)CC)cc3)c(=O)[nH]c2=S)cc1. The van der Waals surface area contributed by atoms with Crippen molar-refractivity contribution in [3.05, 3.63) is 69.2 Å². The Morgan fingerprint density at radius 2 is 1.74 bits per heavy atom. The number of hydrogen-bond acceptors (Lipinski definition) is 6. The number of aliphatic imine (C=N–C) groups is 1. The lowest BCUT2D eigenvalue weighted by Gasteiger charge is -2.20. The average molecular weight is 439 g/mol. The molecule has 1 aromatic heterocycles. The molecule has 0 aliphatic rings. The van der Waals surface area contributed by atoms with Gasteiger partial charge >= 0.3 is 0 Å². The summed E-state index contributed by atoms with van der Waals surface area (Å²) >= 11 is 5.26. The minimum absolute atomic E-state index is 0.0234. The largest absolute Gasteiger partial charge is 0.494 e. The maximum atomic E-state index is 12.4. The molecule has 0 radical (unpaired) electrons. The Balaban J connectivity index is 1.94. The highest BCUT2D eigenvalue weighted by molar-refractivity contribution is 7.71. The summed E-state index contributed by atoms with van der Waals surface area (Å²) in [4.78, 5) is 21.6. The molecule has 7 nitrogen and oxygen atoms in total. The molecule has 162 valence electrons. The molecule has 0 fully saturated rings. The third-order valence-electron chi connectivity index (χ3n) is 4.85. The molecule has 3 rings (SSSR count). The van der Waals surface area contributed by atoms with Gasteiger partial charge in [-0.15, -0.1) is 0 Å². The van der Waals surface area contributed by atoms with Crippen molar-refractivity contribution in [1.29, 1.82) is 0 Å². The first-order chi connectivity index (χ1) is 15.0. The first-order valence-corrected chi connectivity index (χ1v) is 10.6. The molecule has 0 saturated carbocycles. The maximum Gasteiger partial charge on any atom is 0.264 e. The number of rotatable bonds is 8. The van der Waals surface area contributed by atoms with Crippen LogP contribution in [0.3, 0.4) is 0 Å². The molecule has 0 saturated heterocycles. The van der Waals surface area contributed by atoms with Gasteiger partial charge in [0.1, 0.15) is 11.3 Å². The normalized spacial score (nSPS) is 11.1. The van der Waals surface area contributed by atoms with Gasteiger partial charge in [-0.25, -0.2) is 0 Å². The summed E-state index contributed by atoms with van der Waals surface area (Å²) in [5.41, 5.74) is 1.89. The molecule has 0 spiro atoms. The molecule has 8 heteroatoms. The Bertz CT molecular complexity index is 1160. The second-order valence-electron chi connectivity index (χ2n) is 6.71. The average Bonchev–Trinajstić information content (AvgIpc) is 2.76. The number of nitrogens with one attached hydrogen (secondary N) is 1. The van der Waals surface area contributed by atoms with Crippen LogP contribution in [-0.4, -0.2) is 40.6 Å². The zero-order valence-electron chi connectivity index (χ0n) is 17.8. The molecule has 0 amide bonds. The van der Waals surface area contributed by atoms with E-state index in [2.05, 4.69) is 28.7 Å². The standard InChI is InChI=1S/C23H26N4O3S/c1-4-26(5-2)17-9-7-16(8-10-17)24-15-20-21(28)25-23(31)27(22(20)29)18-11-13-19(14-12-18)30-6-3/h7-15,29H,4-6H2,1-3H3,(H,25,28,31). The molecule has 2 N–H and O–H groups in total. The van der Waals surface area contributed by atoms with E-state index in [0.29, 0.717) is 23.7 Å². The predicted octanol–water partition coefficient (Wildman–Crippen LogP) is 4.60. The highest BCUT2D eigenvalue weighted by atomic mass is 32.1. The van der Waals surface area contributed by atoms with E-state index in [1.165, 1.54) is 10.8 Å². The van der Waals surface area contributed by atoms with Gasteiger partial charge in [-0.05, 0) is 81.5 Å². The van der Waals surface area contributed by atoms with Crippen molar-refractivity contribution in [3.63, 3.8) is 0 Å². The van der Waals surface area contributed by atoms with Crippen molar-refractivity contribution in [2.45, 2.75) is 20.8 Å². The number of aromatic hydroxyl groups is 1. The van der Waals surface area contributed by atoms with E-state index in [4.69, 9.17) is 17.0 Å². The highest BCUT2D eigenvalue weighted by Crippen LogP contribution is 2.23. The first-order valence-electron chi connectivity index (χ1n) is 10.2. The Morgan fingerprint density at radius 1 is 1.10 bits per heavy atom. The monoisotopic (exact) mass is 438 g/mol. The number of aromatic amines is 1. The number of anilines is 1. The van der Waals surface area contributed by atoms with Gasteiger partial charge in [-0.1, -0.05) is 0 Å². The van der Waals surface area contributed by atoms with Gasteiger partial charge < -0.3 is 14.7 Å². The van der Waals surface area contributed by atoms with Crippen molar-refractivity contribution in [2.24, 2.45) is 4.99 Å². The fourth-order valence-corrected chi connectivity index (χ4v) is 3.51. The van der Waals surface area contributed by atoms with E-state index in [0.717, 1.165) is 18.8 Å². The molecule has 0 atom stereocenters. The zero-order valence-corrected chi connectivity index (χ0v) is 18.6. The first kappa shape index (κ1) is 22.3. The van der Waals surface area contributed by atoms with Crippen molar-refractivity contribution >= 4 is 29.8 Å². The van der Waals surface area contributed by atoms with Crippen LogP contribution in [0.2, 0.25) is 0 Å². The Kier molecular flexibility index (Phi) is 7.25. The Labute approximate surface area is 186 Å². The van der Waals surface area contributed by atoms with E-state index in [1.54, 1.807) is 24.3 Å². The second-order valence-corrected chi connectivity index (χ2v) is 7.09. The van der Waals surface area contributed by atoms with Crippen LogP contribution in [0.4, 0.5) is 11.4 Å². The van der Waals surface area contributed by atoms with Crippen LogP contribution in [0.25, 0.3) is 5.69 Å². The molecular formula is C23H26N4O3S. The van der Waals surface area contributed by atoms with Gasteiger partial charge in [0.2, 0.25) is 5.88 Å². The molecule has 0 aliphatic heterocycles. The van der Waals surface area contributed by atoms with Crippen molar-refractivity contribution in [1.82, 2.24) is 9.55 Å². The Hall–Kier alpha value is -3.39. The third-order valence-corrected chi connectivity index (χ3v) is 5.13. The molecule has 1 heterocycles. The molecule has 0 bridgehead atoms. The summed E-state index contributed by atoms with van der Waals surface area (Å²) in [7, 11) is 0. The zero-order chi connectivity index (χ0) is 22.4. The number of benzene rings is 2. The predicted molar refractivity (Wildman–Crippen MR) is 127 cm³/mol. The minimum atomic E-state index is -0.506. The Morgan fingerprint density at radius 3 is 2.32 bits per heavy atom. The van der Waals surface area contributed by atoms with Crippen LogP contribution in [0, 0.1) is 4.77 Å². The number of nitrogens with zero attached hydrogens (tertiary/aromatic N) is 3. The van der Waals surface area contributed by atoms with Crippen molar-refractivity contribution in [2.75, 3.05) is 24.6 Å². The second kappa shape index (κ2) is 10.1. The van der Waals surface area contributed by atoms with Crippen LogP contribution in [-0.2, 0) is 0 Å². The summed E-state index contributed by atoms with van der Waals surface area (Å²) in [6.45, 7) is 8.50. The minimum Gasteiger partial charge on any atom is -0.494 e. The fraction of sp³-hybridized carbons (Fsp3) is 0.261. The maximum absolute atomic E-state index is 12.4. The highest BCUT2D eigenvalue weighted by Gasteiger charge is 2.13. The molecule has 31 heavy (non-hydrogen) atoms. The van der Waals surface area contributed by atoms with Gasteiger partial charge in [0.15, 0.2) is 4.77 Å². The molecule has 3 aromatic rings. The number of aromatic nitrogens is 2. The molecule has 0 unspecified atom stereocenters. The molecule has 0 aliphatic carbocycles. The number of H-pyrrole nitrogens is 1. The number of ether oxygens (including phenoxy) is 1. The van der Waals surface area contributed by atoms with Crippen LogP contribution in [0.1, 0.15) is 26.3 Å². The van der Waals surface area contributed by atoms with Crippen LogP contribution < -0.4 is 15.2 Å². The lowest BCUT2D eigenvalue weighted by molar-refractivity contribution is 0.340. The quantitative estimate of drug-likeness (QED) is 0.397. The summed E-state index contributed by atoms with van der Waals surface area (Å²) in [5.74, 6) is 0.429. The summed E-state index contributed by atoms with van der Waals surface area (Å²) in [5, 5.41) is 10.8.